The van der Waals surface area contributed by atoms with Gasteiger partial charge in [0, 0.05) is 28.6 Å². The Bertz CT molecular complexity index is 1500. The molecule has 1 unspecified atom stereocenters. The Morgan fingerprint density at radius 2 is 1.87 bits per heavy atom. The van der Waals surface area contributed by atoms with Crippen molar-refractivity contribution in [3.8, 4) is 5.75 Å². The molecule has 0 saturated heterocycles. The fourth-order valence-corrected chi connectivity index (χ4v) is 5.39. The largest absolute Gasteiger partial charge is 0.492 e. The lowest BCUT2D eigenvalue weighted by molar-refractivity contribution is -0.149. The third-order valence-corrected chi connectivity index (χ3v) is 7.23. The second kappa shape index (κ2) is 12.9. The lowest BCUT2D eigenvalue weighted by Crippen LogP contribution is -2.26. The molecule has 0 aliphatic rings. The van der Waals surface area contributed by atoms with Crippen molar-refractivity contribution < 1.29 is 24.2 Å². The molecular weight excluding hydrogens is 572 g/mol. The molecule has 0 spiro atoms. The highest BCUT2D eigenvalue weighted by atomic mass is 79.9. The van der Waals surface area contributed by atoms with Gasteiger partial charge in [-0.1, -0.05) is 62.8 Å². The summed E-state index contributed by atoms with van der Waals surface area (Å²) in [5.74, 6) is -0.343. The molecule has 1 N–H and O–H groups in total. The Hall–Kier alpha value is -3.47. The summed E-state index contributed by atoms with van der Waals surface area (Å²) in [4.78, 5) is 29.1. The van der Waals surface area contributed by atoms with Gasteiger partial charge in [0.25, 0.3) is 0 Å². The number of thiazole rings is 1. The number of ether oxygens (including phenoxy) is 2. The van der Waals surface area contributed by atoms with Crippen LogP contribution >= 0.6 is 27.3 Å². The van der Waals surface area contributed by atoms with E-state index in [9.17, 15) is 14.7 Å². The first-order valence-corrected chi connectivity index (χ1v) is 13.6. The van der Waals surface area contributed by atoms with E-state index in [-0.39, 0.29) is 11.3 Å². The maximum absolute atomic E-state index is 12.8. The van der Waals surface area contributed by atoms with E-state index in [0.29, 0.717) is 31.2 Å². The van der Waals surface area contributed by atoms with Crippen LogP contribution in [-0.4, -0.2) is 47.8 Å². The van der Waals surface area contributed by atoms with E-state index in [2.05, 4.69) is 21.1 Å². The van der Waals surface area contributed by atoms with E-state index in [4.69, 9.17) is 14.3 Å². The number of hydrogen-bond acceptors (Lipinski definition) is 7. The van der Waals surface area contributed by atoms with Crippen molar-refractivity contribution in [2.45, 2.75) is 26.0 Å². The van der Waals surface area contributed by atoms with Crippen molar-refractivity contribution in [3.63, 3.8) is 0 Å². The van der Waals surface area contributed by atoms with E-state index in [1.807, 2.05) is 54.6 Å². The van der Waals surface area contributed by atoms with Gasteiger partial charge in [-0.3, -0.25) is 9.36 Å². The number of aliphatic carboxylic acids is 1. The Labute approximate surface area is 232 Å². The summed E-state index contributed by atoms with van der Waals surface area (Å²) in [5.41, 5.74) is 4.07. The minimum atomic E-state index is -0.983. The number of carboxylic acids is 1. The lowest BCUT2D eigenvalue weighted by atomic mass is 10.0. The van der Waals surface area contributed by atoms with Crippen LogP contribution in [0.4, 0.5) is 0 Å². The minimum Gasteiger partial charge on any atom is -0.492 e. The molecule has 10 heteroatoms. The van der Waals surface area contributed by atoms with Gasteiger partial charge >= 0.3 is 10.8 Å². The van der Waals surface area contributed by atoms with Crippen LogP contribution in [0.15, 0.2) is 81.2 Å². The monoisotopic (exact) mass is 598 g/mol. The van der Waals surface area contributed by atoms with Crippen molar-refractivity contribution in [1.29, 1.82) is 0 Å². The number of aromatic nitrogens is 1. The highest BCUT2D eigenvalue weighted by Crippen LogP contribution is 2.23. The van der Waals surface area contributed by atoms with Crippen LogP contribution in [0.2, 0.25) is 0 Å². The SMILES string of the molecule is CCOC(Cc1ccc(OCCn2c(=O)sc3cc(/C(=N\OC)c4cccc(Br)c4)ccc32)cc1)C(=O)O. The van der Waals surface area contributed by atoms with Gasteiger partial charge < -0.3 is 19.4 Å². The molecule has 0 bridgehead atoms. The minimum absolute atomic E-state index is 0.0700. The van der Waals surface area contributed by atoms with Crippen LogP contribution in [-0.2, 0) is 27.3 Å². The van der Waals surface area contributed by atoms with E-state index >= 15 is 0 Å². The number of hydrogen-bond donors (Lipinski definition) is 1. The third kappa shape index (κ3) is 6.69. The van der Waals surface area contributed by atoms with Gasteiger partial charge in [-0.2, -0.15) is 0 Å². The molecule has 0 amide bonds. The molecule has 8 nitrogen and oxygen atoms in total. The van der Waals surface area contributed by atoms with E-state index in [1.54, 1.807) is 23.6 Å². The van der Waals surface area contributed by atoms with Crippen LogP contribution < -0.4 is 9.61 Å². The van der Waals surface area contributed by atoms with Gasteiger partial charge in [-0.05, 0) is 48.9 Å². The number of carbonyl (C=O) groups is 1. The van der Waals surface area contributed by atoms with Crippen molar-refractivity contribution in [3.05, 3.63) is 97.6 Å². The molecule has 4 aromatic rings. The summed E-state index contributed by atoms with van der Waals surface area (Å²) in [6.07, 6.45) is -0.600. The molecular formula is C28H27BrN2O6S. The fraction of sp³-hybridized carbons (Fsp3) is 0.250. The van der Waals surface area contributed by atoms with E-state index < -0.39 is 12.1 Å². The van der Waals surface area contributed by atoms with Crippen molar-refractivity contribution in [2.24, 2.45) is 5.16 Å². The standard InChI is InChI=1S/C28H27BrN2O6S/c1-3-36-24(27(32)33)15-18-7-10-22(11-8-18)37-14-13-31-23-12-9-20(17-25(23)38-28(31)34)26(30-35-2)19-5-4-6-21(29)16-19/h4-12,16-17,24H,3,13-15H2,1-2H3,(H,32,33)/b30-26-. The topological polar surface area (TPSA) is 99.4 Å². The maximum Gasteiger partial charge on any atom is 0.333 e. The Balaban J connectivity index is 1.45. The smallest absolute Gasteiger partial charge is 0.333 e. The summed E-state index contributed by atoms with van der Waals surface area (Å²) in [6, 6.07) is 20.8. The Kier molecular flexibility index (Phi) is 9.33. The van der Waals surface area contributed by atoms with Crippen LogP contribution in [0.25, 0.3) is 10.2 Å². The molecule has 0 aliphatic heterocycles. The third-order valence-electron chi connectivity index (χ3n) is 5.79. The first kappa shape index (κ1) is 27.6. The summed E-state index contributed by atoms with van der Waals surface area (Å²) < 4.78 is 14.6. The van der Waals surface area contributed by atoms with Crippen LogP contribution in [0.5, 0.6) is 5.75 Å². The Morgan fingerprint density at radius 1 is 1.11 bits per heavy atom. The maximum atomic E-state index is 12.8. The molecule has 1 aromatic heterocycles. The number of carboxylic acid groups (broad SMARTS) is 1. The molecule has 4 rings (SSSR count). The number of nitrogens with zero attached hydrogens (tertiary/aromatic N) is 2. The molecule has 38 heavy (non-hydrogen) atoms. The van der Waals surface area contributed by atoms with E-state index in [0.717, 1.165) is 31.4 Å². The molecule has 0 radical (unpaired) electrons. The second-order valence-electron chi connectivity index (χ2n) is 8.31. The van der Waals surface area contributed by atoms with Gasteiger partial charge in [0.1, 0.15) is 25.2 Å². The molecule has 1 atom stereocenters. The fourth-order valence-electron chi connectivity index (χ4n) is 4.03. The zero-order valence-electron chi connectivity index (χ0n) is 20.9. The number of halogens is 1. The first-order valence-electron chi connectivity index (χ1n) is 12.0. The van der Waals surface area contributed by atoms with Gasteiger partial charge in [-0.25, -0.2) is 4.79 Å². The molecule has 0 fully saturated rings. The molecule has 0 saturated carbocycles. The molecule has 3 aromatic carbocycles. The van der Waals surface area contributed by atoms with Gasteiger partial charge in [0.15, 0.2) is 6.10 Å². The summed E-state index contributed by atoms with van der Waals surface area (Å²) in [7, 11) is 1.51. The van der Waals surface area contributed by atoms with Crippen molar-refractivity contribution in [2.75, 3.05) is 20.3 Å². The van der Waals surface area contributed by atoms with Crippen molar-refractivity contribution in [1.82, 2.24) is 4.57 Å². The number of benzene rings is 3. The molecule has 0 aliphatic carbocycles. The van der Waals surface area contributed by atoms with Crippen LogP contribution in [0, 0.1) is 0 Å². The normalized spacial score (nSPS) is 12.4. The number of fused-ring (bicyclic) bond motifs is 1. The molecule has 198 valence electrons. The van der Waals surface area contributed by atoms with Crippen LogP contribution in [0.1, 0.15) is 23.6 Å². The van der Waals surface area contributed by atoms with Gasteiger partial charge in [0.2, 0.25) is 0 Å². The molecule has 1 heterocycles. The summed E-state index contributed by atoms with van der Waals surface area (Å²) in [6.45, 7) is 2.79. The Morgan fingerprint density at radius 3 is 2.55 bits per heavy atom. The number of oxime groups is 1. The zero-order chi connectivity index (χ0) is 27.1. The average Bonchev–Trinajstić information content (AvgIpc) is 3.22. The summed E-state index contributed by atoms with van der Waals surface area (Å²) >= 11 is 4.67. The predicted molar refractivity (Wildman–Crippen MR) is 152 cm³/mol. The quantitative estimate of drug-likeness (QED) is 0.175. The average molecular weight is 600 g/mol. The zero-order valence-corrected chi connectivity index (χ0v) is 23.3. The first-order chi connectivity index (χ1) is 18.4. The van der Waals surface area contributed by atoms with Gasteiger partial charge in [0.05, 0.1) is 16.8 Å². The van der Waals surface area contributed by atoms with Crippen molar-refractivity contribution >= 4 is 49.2 Å². The van der Waals surface area contributed by atoms with Crippen LogP contribution in [0.3, 0.4) is 0 Å². The highest BCUT2D eigenvalue weighted by Gasteiger charge is 2.18. The van der Waals surface area contributed by atoms with Gasteiger partial charge in [-0.15, -0.1) is 0 Å². The second-order valence-corrected chi connectivity index (χ2v) is 10.2. The van der Waals surface area contributed by atoms with E-state index in [1.165, 1.54) is 18.4 Å². The number of rotatable bonds is 12. The predicted octanol–water partition coefficient (Wildman–Crippen LogP) is 5.34. The highest BCUT2D eigenvalue weighted by molar-refractivity contribution is 9.10. The lowest BCUT2D eigenvalue weighted by Gasteiger charge is -2.13. The summed E-state index contributed by atoms with van der Waals surface area (Å²) in [5, 5.41) is 13.5.